The fourth-order valence-electron chi connectivity index (χ4n) is 3.65. The Balaban J connectivity index is 1.92. The van der Waals surface area contributed by atoms with E-state index in [0.717, 1.165) is 25.7 Å². The number of carbonyl (C=O) groups is 1. The molecule has 0 aliphatic heterocycles. The second kappa shape index (κ2) is 12.5. The highest BCUT2D eigenvalue weighted by Gasteiger charge is 2.24. The van der Waals surface area contributed by atoms with Crippen molar-refractivity contribution in [3.8, 4) is 0 Å². The van der Waals surface area contributed by atoms with Crippen molar-refractivity contribution in [2.45, 2.75) is 51.0 Å². The molecule has 190 valence electrons. The van der Waals surface area contributed by atoms with Crippen molar-refractivity contribution in [3.05, 3.63) is 58.6 Å². The van der Waals surface area contributed by atoms with Crippen molar-refractivity contribution in [1.82, 2.24) is 8.87 Å². The van der Waals surface area contributed by atoms with E-state index in [0.29, 0.717) is 41.3 Å². The number of thiazole rings is 1. The van der Waals surface area contributed by atoms with Crippen LogP contribution in [0, 0.1) is 5.82 Å². The second-order valence-corrected chi connectivity index (χ2v) is 11.1. The largest absolute Gasteiger partial charge is 0.383 e. The number of nitrogens with zero attached hydrogens (tertiary/aromatic N) is 3. The van der Waals surface area contributed by atoms with Gasteiger partial charge < -0.3 is 9.30 Å². The first-order chi connectivity index (χ1) is 16.8. The van der Waals surface area contributed by atoms with Crippen molar-refractivity contribution in [1.29, 1.82) is 0 Å². The number of rotatable bonds is 12. The van der Waals surface area contributed by atoms with E-state index in [2.05, 4.69) is 4.99 Å². The van der Waals surface area contributed by atoms with Gasteiger partial charge in [0.15, 0.2) is 4.80 Å². The minimum atomic E-state index is -3.65. The number of unbranched alkanes of at least 4 members (excludes halogenated alkanes) is 2. The van der Waals surface area contributed by atoms with Crippen molar-refractivity contribution in [3.63, 3.8) is 0 Å². The van der Waals surface area contributed by atoms with Crippen LogP contribution in [-0.4, -0.2) is 50.0 Å². The van der Waals surface area contributed by atoms with Crippen LogP contribution in [0.15, 0.2) is 52.4 Å². The van der Waals surface area contributed by atoms with Gasteiger partial charge >= 0.3 is 0 Å². The van der Waals surface area contributed by atoms with Gasteiger partial charge in [-0.05, 0) is 49.2 Å². The molecule has 3 aromatic rings. The summed E-state index contributed by atoms with van der Waals surface area (Å²) in [4.78, 5) is 17.7. The third-order valence-electron chi connectivity index (χ3n) is 5.63. The fraction of sp³-hybridized carbons (Fsp3) is 0.440. The molecule has 3 rings (SSSR count). The van der Waals surface area contributed by atoms with Gasteiger partial charge in [-0.2, -0.15) is 9.30 Å². The minimum absolute atomic E-state index is 0.153. The van der Waals surface area contributed by atoms with Crippen LogP contribution in [0.1, 0.15) is 49.9 Å². The van der Waals surface area contributed by atoms with Crippen molar-refractivity contribution in [2.24, 2.45) is 4.99 Å². The molecule has 0 aliphatic carbocycles. The highest BCUT2D eigenvalue weighted by molar-refractivity contribution is 7.89. The van der Waals surface area contributed by atoms with E-state index in [1.165, 1.54) is 46.0 Å². The summed E-state index contributed by atoms with van der Waals surface area (Å²) >= 11 is 1.22. The average Bonchev–Trinajstić information content (AvgIpc) is 3.20. The maximum absolute atomic E-state index is 14.5. The maximum atomic E-state index is 14.5. The molecule has 0 atom stereocenters. The van der Waals surface area contributed by atoms with Crippen molar-refractivity contribution in [2.75, 3.05) is 26.8 Å². The van der Waals surface area contributed by atoms with Crippen LogP contribution in [0.4, 0.5) is 4.39 Å². The Morgan fingerprint density at radius 1 is 1.09 bits per heavy atom. The normalized spacial score (nSPS) is 12.7. The summed E-state index contributed by atoms with van der Waals surface area (Å²) in [5.41, 5.74) is 0.635. The number of hydrogen-bond donors (Lipinski definition) is 0. The zero-order valence-corrected chi connectivity index (χ0v) is 22.0. The van der Waals surface area contributed by atoms with Gasteiger partial charge in [0.25, 0.3) is 5.91 Å². The van der Waals surface area contributed by atoms with E-state index >= 15 is 0 Å². The smallest absolute Gasteiger partial charge is 0.279 e. The Hall–Kier alpha value is -2.40. The van der Waals surface area contributed by atoms with Gasteiger partial charge in [-0.25, -0.2) is 12.8 Å². The van der Waals surface area contributed by atoms with Gasteiger partial charge in [-0.15, -0.1) is 0 Å². The number of methoxy groups -OCH3 is 1. The van der Waals surface area contributed by atoms with Gasteiger partial charge in [-0.3, -0.25) is 4.79 Å². The van der Waals surface area contributed by atoms with E-state index in [9.17, 15) is 17.6 Å². The zero-order valence-electron chi connectivity index (χ0n) is 20.4. The number of sulfonamides is 1. The molecule has 1 heterocycles. The summed E-state index contributed by atoms with van der Waals surface area (Å²) in [6.07, 6.45) is 3.38. The van der Waals surface area contributed by atoms with Crippen molar-refractivity contribution < 1.29 is 22.3 Å². The number of benzene rings is 2. The van der Waals surface area contributed by atoms with Gasteiger partial charge in [0.2, 0.25) is 10.0 Å². The molecule has 1 aromatic heterocycles. The Morgan fingerprint density at radius 2 is 1.74 bits per heavy atom. The molecular weight excluding hydrogens is 489 g/mol. The summed E-state index contributed by atoms with van der Waals surface area (Å²) in [6, 6.07) is 10.6. The van der Waals surface area contributed by atoms with Crippen molar-refractivity contribution >= 4 is 37.5 Å². The van der Waals surface area contributed by atoms with Crippen LogP contribution in [-0.2, 0) is 21.3 Å². The Labute approximate surface area is 209 Å². The van der Waals surface area contributed by atoms with E-state index in [4.69, 9.17) is 4.74 Å². The number of para-hydroxylation sites is 1. The lowest BCUT2D eigenvalue weighted by molar-refractivity contribution is 0.0997. The molecule has 0 unspecified atom stereocenters. The van der Waals surface area contributed by atoms with Crippen LogP contribution < -0.4 is 4.80 Å². The molecule has 0 fully saturated rings. The highest BCUT2D eigenvalue weighted by atomic mass is 32.2. The SMILES string of the molecule is CCCCN(CCCC)S(=O)(=O)c1ccc(C(=O)N=c2sc3cccc(F)c3n2CCOC)cc1. The summed E-state index contributed by atoms with van der Waals surface area (Å²) in [5, 5.41) is 0. The molecule has 35 heavy (non-hydrogen) atoms. The van der Waals surface area contributed by atoms with E-state index in [1.54, 1.807) is 23.8 Å². The molecule has 0 N–H and O–H groups in total. The molecule has 0 bridgehead atoms. The molecule has 10 heteroatoms. The standard InChI is InChI=1S/C25H32FN3O4S2/c1-4-6-15-28(16-7-5-2)35(31,32)20-13-11-19(12-14-20)24(30)27-25-29(17-18-33-3)23-21(26)9-8-10-22(23)34-25/h8-14H,4-7,15-18H2,1-3H3. The molecule has 2 aromatic carbocycles. The third kappa shape index (κ3) is 6.43. The van der Waals surface area contributed by atoms with Crippen LogP contribution in [0.3, 0.4) is 0 Å². The lowest BCUT2D eigenvalue weighted by atomic mass is 10.2. The molecule has 0 spiro atoms. The number of carbonyl (C=O) groups excluding carboxylic acids is 1. The molecule has 1 amide bonds. The van der Waals surface area contributed by atoms with Crippen LogP contribution >= 0.6 is 11.3 Å². The predicted molar refractivity (Wildman–Crippen MR) is 137 cm³/mol. The summed E-state index contributed by atoms with van der Waals surface area (Å²) in [5.74, 6) is -0.921. The molecular formula is C25H32FN3O4S2. The summed E-state index contributed by atoms with van der Waals surface area (Å²) < 4.78 is 49.8. The topological polar surface area (TPSA) is 81.0 Å². The first kappa shape index (κ1) is 27.2. The number of halogens is 1. The lowest BCUT2D eigenvalue weighted by Gasteiger charge is -2.22. The van der Waals surface area contributed by atoms with Gasteiger partial charge in [0, 0.05) is 32.3 Å². The van der Waals surface area contributed by atoms with Crippen LogP contribution in [0.5, 0.6) is 0 Å². The predicted octanol–water partition coefficient (Wildman–Crippen LogP) is 4.82. The number of aromatic nitrogens is 1. The highest BCUT2D eigenvalue weighted by Crippen LogP contribution is 2.21. The minimum Gasteiger partial charge on any atom is -0.383 e. The second-order valence-electron chi connectivity index (χ2n) is 8.17. The fourth-order valence-corrected chi connectivity index (χ4v) is 6.24. The lowest BCUT2D eigenvalue weighted by Crippen LogP contribution is -2.33. The average molecular weight is 522 g/mol. The van der Waals surface area contributed by atoms with Crippen LogP contribution in [0.2, 0.25) is 0 Å². The first-order valence-electron chi connectivity index (χ1n) is 11.8. The number of amides is 1. The zero-order chi connectivity index (χ0) is 25.4. The van der Waals surface area contributed by atoms with E-state index in [-0.39, 0.29) is 10.5 Å². The number of fused-ring (bicyclic) bond motifs is 1. The van der Waals surface area contributed by atoms with E-state index in [1.807, 2.05) is 13.8 Å². The molecule has 0 radical (unpaired) electrons. The van der Waals surface area contributed by atoms with Gasteiger partial charge in [0.1, 0.15) is 5.82 Å². The number of hydrogen-bond acceptors (Lipinski definition) is 5. The Kier molecular flexibility index (Phi) is 9.73. The molecule has 0 aliphatic rings. The van der Waals surface area contributed by atoms with Gasteiger partial charge in [-0.1, -0.05) is 44.1 Å². The molecule has 0 saturated carbocycles. The molecule has 0 saturated heterocycles. The molecule has 7 nitrogen and oxygen atoms in total. The van der Waals surface area contributed by atoms with Gasteiger partial charge in [0.05, 0.1) is 21.7 Å². The van der Waals surface area contributed by atoms with E-state index < -0.39 is 21.7 Å². The number of ether oxygens (including phenoxy) is 1. The summed E-state index contributed by atoms with van der Waals surface area (Å²) in [7, 11) is -2.10. The summed E-state index contributed by atoms with van der Waals surface area (Å²) in [6.45, 7) is 5.67. The third-order valence-corrected chi connectivity index (χ3v) is 8.59. The Bertz CT molecular complexity index is 1310. The Morgan fingerprint density at radius 3 is 2.34 bits per heavy atom. The first-order valence-corrected chi connectivity index (χ1v) is 14.0. The monoisotopic (exact) mass is 521 g/mol. The van der Waals surface area contributed by atoms with Crippen LogP contribution in [0.25, 0.3) is 10.2 Å². The quantitative estimate of drug-likeness (QED) is 0.342. The maximum Gasteiger partial charge on any atom is 0.279 e.